The summed E-state index contributed by atoms with van der Waals surface area (Å²) in [5, 5.41) is 3.11. The monoisotopic (exact) mass is 116 g/mol. The lowest BCUT2D eigenvalue weighted by molar-refractivity contribution is -0.115. The van der Waals surface area contributed by atoms with Gasteiger partial charge in [0.2, 0.25) is 5.91 Å². The summed E-state index contributed by atoms with van der Waals surface area (Å²) in [7, 11) is 0. The molecule has 1 heterocycles. The minimum absolute atomic E-state index is 0.333. The van der Waals surface area contributed by atoms with Crippen molar-refractivity contribution in [2.75, 3.05) is 13.1 Å². The molecule has 0 aromatic heterocycles. The predicted molar refractivity (Wildman–Crippen MR) is 32.4 cm³/mol. The zero-order valence-electron chi connectivity index (χ0n) is 5.11. The molecule has 3 nitrogen and oxygen atoms in total. The number of nitrogens with two attached hydrogens (primary N) is 1. The van der Waals surface area contributed by atoms with E-state index in [1.165, 1.54) is 26.4 Å². The van der Waals surface area contributed by atoms with Crippen LogP contribution in [0.5, 0.6) is 0 Å². The highest BCUT2D eigenvalue weighted by Crippen LogP contribution is 1.80. The Morgan fingerprint density at radius 1 is 1.62 bits per heavy atom. The van der Waals surface area contributed by atoms with Crippen LogP contribution in [0, 0.1) is 0 Å². The van der Waals surface area contributed by atoms with Crippen LogP contribution in [-0.4, -0.2) is 19.0 Å². The normalized spacial score (nSPS) is 15.1. The topological polar surface area (TPSA) is 55.1 Å². The SMILES string of the molecule is C1CNC1.CC(N)=O. The molecule has 0 radical (unpaired) electrons. The van der Waals surface area contributed by atoms with Crippen LogP contribution in [0.1, 0.15) is 13.3 Å². The summed E-state index contributed by atoms with van der Waals surface area (Å²) in [5.41, 5.74) is 4.47. The molecule has 0 unspecified atom stereocenters. The molecule has 0 aliphatic carbocycles. The van der Waals surface area contributed by atoms with Crippen LogP contribution in [-0.2, 0) is 4.79 Å². The average Bonchev–Trinajstić information content (AvgIpc) is 1.19. The van der Waals surface area contributed by atoms with E-state index in [1.807, 2.05) is 0 Å². The van der Waals surface area contributed by atoms with Crippen LogP contribution >= 0.6 is 0 Å². The van der Waals surface area contributed by atoms with Crippen LogP contribution in [0.15, 0.2) is 0 Å². The third-order valence-electron chi connectivity index (χ3n) is 0.707. The quantitative estimate of drug-likeness (QED) is 0.447. The molecule has 1 rings (SSSR count). The molecule has 0 saturated carbocycles. The van der Waals surface area contributed by atoms with Crippen molar-refractivity contribution in [1.29, 1.82) is 0 Å². The summed E-state index contributed by atoms with van der Waals surface area (Å²) < 4.78 is 0. The number of amides is 1. The van der Waals surface area contributed by atoms with E-state index < -0.39 is 0 Å². The van der Waals surface area contributed by atoms with Crippen LogP contribution in [0.2, 0.25) is 0 Å². The Kier molecular flexibility index (Phi) is 4.26. The fraction of sp³-hybridized carbons (Fsp3) is 0.800. The summed E-state index contributed by atoms with van der Waals surface area (Å²) in [5.74, 6) is -0.333. The molecule has 1 fully saturated rings. The maximum Gasteiger partial charge on any atom is 0.214 e. The zero-order valence-corrected chi connectivity index (χ0v) is 5.11. The van der Waals surface area contributed by atoms with Gasteiger partial charge in [-0.2, -0.15) is 0 Å². The number of carbonyl (C=O) groups excluding carboxylic acids is 1. The number of primary amides is 1. The number of hydrogen-bond donors (Lipinski definition) is 2. The molecule has 1 aliphatic heterocycles. The standard InChI is InChI=1S/C3H7N.C2H5NO/c1-2-4-3-1;1-2(3)4/h4H,1-3H2;1H3,(H2,3,4). The molecule has 0 bridgehead atoms. The highest BCUT2D eigenvalue weighted by Gasteiger charge is 1.92. The van der Waals surface area contributed by atoms with E-state index in [1.54, 1.807) is 0 Å². The molecular formula is C5H12N2O. The van der Waals surface area contributed by atoms with Crippen molar-refractivity contribution in [3.05, 3.63) is 0 Å². The Bertz CT molecular complexity index is 60.8. The van der Waals surface area contributed by atoms with Crippen LogP contribution in [0.4, 0.5) is 0 Å². The third kappa shape index (κ3) is 9.06. The van der Waals surface area contributed by atoms with Gasteiger partial charge in [-0.25, -0.2) is 0 Å². The summed E-state index contributed by atoms with van der Waals surface area (Å²) >= 11 is 0. The molecule has 48 valence electrons. The Balaban J connectivity index is 0.000000122. The molecule has 1 aliphatic rings. The Hall–Kier alpha value is -0.570. The zero-order chi connectivity index (χ0) is 6.41. The van der Waals surface area contributed by atoms with Gasteiger partial charge in [-0.3, -0.25) is 4.79 Å². The molecule has 3 N–H and O–H groups in total. The molecule has 3 heteroatoms. The van der Waals surface area contributed by atoms with Crippen molar-refractivity contribution in [3.8, 4) is 0 Å². The highest BCUT2D eigenvalue weighted by atomic mass is 16.1. The van der Waals surface area contributed by atoms with Crippen molar-refractivity contribution in [2.45, 2.75) is 13.3 Å². The molecular weight excluding hydrogens is 104 g/mol. The molecule has 0 aromatic carbocycles. The van der Waals surface area contributed by atoms with E-state index in [0.29, 0.717) is 0 Å². The van der Waals surface area contributed by atoms with Gasteiger partial charge in [0.25, 0.3) is 0 Å². The first-order chi connectivity index (χ1) is 3.73. The summed E-state index contributed by atoms with van der Waals surface area (Å²) in [4.78, 5) is 9.22. The van der Waals surface area contributed by atoms with Gasteiger partial charge in [0.05, 0.1) is 0 Å². The van der Waals surface area contributed by atoms with Gasteiger partial charge in [-0.1, -0.05) is 0 Å². The fourth-order valence-corrected chi connectivity index (χ4v) is 0.177. The Morgan fingerprint density at radius 2 is 1.75 bits per heavy atom. The lowest BCUT2D eigenvalue weighted by Gasteiger charge is -2.09. The second-order valence-corrected chi connectivity index (χ2v) is 1.71. The van der Waals surface area contributed by atoms with Crippen molar-refractivity contribution in [3.63, 3.8) is 0 Å². The minimum atomic E-state index is -0.333. The molecule has 0 aromatic rings. The summed E-state index contributed by atoms with van der Waals surface area (Å²) in [6.45, 7) is 3.81. The van der Waals surface area contributed by atoms with Gasteiger partial charge < -0.3 is 11.1 Å². The van der Waals surface area contributed by atoms with E-state index in [4.69, 9.17) is 0 Å². The molecule has 0 spiro atoms. The van der Waals surface area contributed by atoms with Gasteiger partial charge in [0, 0.05) is 6.92 Å². The van der Waals surface area contributed by atoms with Crippen molar-refractivity contribution in [1.82, 2.24) is 5.32 Å². The van der Waals surface area contributed by atoms with E-state index in [2.05, 4.69) is 11.1 Å². The average molecular weight is 116 g/mol. The second kappa shape index (κ2) is 4.59. The maximum atomic E-state index is 9.22. The van der Waals surface area contributed by atoms with Gasteiger partial charge >= 0.3 is 0 Å². The van der Waals surface area contributed by atoms with Crippen LogP contribution in [0.25, 0.3) is 0 Å². The first kappa shape index (κ1) is 7.43. The molecule has 1 amide bonds. The first-order valence-electron chi connectivity index (χ1n) is 2.70. The number of carbonyl (C=O) groups is 1. The van der Waals surface area contributed by atoms with E-state index in [-0.39, 0.29) is 5.91 Å². The second-order valence-electron chi connectivity index (χ2n) is 1.71. The van der Waals surface area contributed by atoms with Gasteiger partial charge in [0.1, 0.15) is 0 Å². The Morgan fingerprint density at radius 3 is 1.75 bits per heavy atom. The largest absolute Gasteiger partial charge is 0.370 e. The molecule has 1 saturated heterocycles. The van der Waals surface area contributed by atoms with Crippen molar-refractivity contribution in [2.24, 2.45) is 5.73 Å². The van der Waals surface area contributed by atoms with Crippen LogP contribution < -0.4 is 11.1 Å². The van der Waals surface area contributed by atoms with Gasteiger partial charge in [0.15, 0.2) is 0 Å². The summed E-state index contributed by atoms with van der Waals surface area (Å²) in [6, 6.07) is 0. The first-order valence-corrected chi connectivity index (χ1v) is 2.70. The van der Waals surface area contributed by atoms with E-state index in [0.717, 1.165) is 0 Å². The molecule has 8 heavy (non-hydrogen) atoms. The van der Waals surface area contributed by atoms with Crippen molar-refractivity contribution < 1.29 is 4.79 Å². The molecule has 0 atom stereocenters. The number of nitrogens with one attached hydrogen (secondary N) is 1. The van der Waals surface area contributed by atoms with Gasteiger partial charge in [-0.15, -0.1) is 0 Å². The summed E-state index contributed by atoms with van der Waals surface area (Å²) in [6.07, 6.45) is 1.39. The lowest BCUT2D eigenvalue weighted by Crippen LogP contribution is -2.29. The minimum Gasteiger partial charge on any atom is -0.370 e. The van der Waals surface area contributed by atoms with Crippen molar-refractivity contribution >= 4 is 5.91 Å². The van der Waals surface area contributed by atoms with Gasteiger partial charge in [-0.05, 0) is 19.5 Å². The predicted octanol–water partition coefficient (Wildman–Crippen LogP) is -0.529. The van der Waals surface area contributed by atoms with Crippen LogP contribution in [0.3, 0.4) is 0 Å². The van der Waals surface area contributed by atoms with E-state index in [9.17, 15) is 4.79 Å². The smallest absolute Gasteiger partial charge is 0.214 e. The lowest BCUT2D eigenvalue weighted by atomic mass is 10.3. The fourth-order valence-electron chi connectivity index (χ4n) is 0.177. The van der Waals surface area contributed by atoms with E-state index >= 15 is 0 Å². The maximum absolute atomic E-state index is 9.22. The number of rotatable bonds is 0. The highest BCUT2D eigenvalue weighted by molar-refractivity contribution is 5.70. The Labute approximate surface area is 49.3 Å². The number of hydrogen-bond acceptors (Lipinski definition) is 2. The third-order valence-corrected chi connectivity index (χ3v) is 0.707.